The number of aromatic amines is 1. The number of nitrogens with zero attached hydrogens (tertiary/aromatic N) is 2. The number of anilines is 1. The number of hydrogen-bond donors (Lipinski definition) is 3. The van der Waals surface area contributed by atoms with Gasteiger partial charge >= 0.3 is 5.97 Å². The van der Waals surface area contributed by atoms with Crippen LogP contribution in [-0.4, -0.2) is 32.4 Å². The Morgan fingerprint density at radius 3 is 2.44 bits per heavy atom. The molecule has 0 spiro atoms. The second-order valence-corrected chi connectivity index (χ2v) is 11.5. The third-order valence-corrected chi connectivity index (χ3v) is 7.14. The van der Waals surface area contributed by atoms with Crippen LogP contribution >= 0.6 is 11.3 Å². The third-order valence-electron chi connectivity index (χ3n) is 6.24. The SMILES string of the molecule is CC(C)(C)OC(=O)[C@@H](Cc1cccs1)C(=O)Nc1ccc2c(-c3ccncc3)c(Cc3ccc(F)cc3)[nH]c2n1.N. The van der Waals surface area contributed by atoms with Crippen LogP contribution in [0.15, 0.2) is 78.4 Å². The van der Waals surface area contributed by atoms with Gasteiger partial charge in [0, 0.05) is 46.8 Å². The highest BCUT2D eigenvalue weighted by Crippen LogP contribution is 2.34. The molecule has 0 aliphatic heterocycles. The summed E-state index contributed by atoms with van der Waals surface area (Å²) in [7, 11) is 0. The monoisotopic (exact) mass is 573 g/mol. The maximum atomic E-state index is 13.5. The standard InChI is InChI=1S/C31H29FN4O3S.H3N/c1-31(2,3)39-30(38)24(18-22-5-4-16-40-22)29(37)36-26-11-10-23-27(20-12-14-33-15-13-20)25(34-28(23)35-26)17-19-6-8-21(32)9-7-19;/h4-16,24H,17-18H2,1-3H3,(H2,34,35,36,37);1H3/t24-;/m0./s1. The molecule has 5 N–H and O–H groups in total. The normalized spacial score (nSPS) is 12.0. The molecule has 1 atom stereocenters. The first-order valence-corrected chi connectivity index (χ1v) is 13.8. The van der Waals surface area contributed by atoms with Crippen LogP contribution in [-0.2, 0) is 27.2 Å². The fourth-order valence-corrected chi connectivity index (χ4v) is 5.23. The van der Waals surface area contributed by atoms with Gasteiger partial charge in [0.15, 0.2) is 0 Å². The molecule has 0 saturated carbocycles. The number of amides is 1. The first kappa shape index (κ1) is 29.6. The van der Waals surface area contributed by atoms with Crippen molar-refractivity contribution < 1.29 is 18.7 Å². The molecule has 4 heterocycles. The van der Waals surface area contributed by atoms with Crippen LogP contribution in [0, 0.1) is 11.7 Å². The van der Waals surface area contributed by atoms with Gasteiger partial charge in [-0.25, -0.2) is 9.37 Å². The number of hydrogen-bond acceptors (Lipinski definition) is 7. The molecule has 0 saturated heterocycles. The number of halogens is 1. The van der Waals surface area contributed by atoms with Crippen LogP contribution in [0.5, 0.6) is 0 Å². The maximum absolute atomic E-state index is 13.5. The minimum atomic E-state index is -1.03. The number of nitrogens with one attached hydrogen (secondary N) is 2. The van der Waals surface area contributed by atoms with E-state index in [0.717, 1.165) is 32.6 Å². The van der Waals surface area contributed by atoms with Crippen molar-refractivity contribution in [2.24, 2.45) is 5.92 Å². The molecule has 5 rings (SSSR count). The van der Waals surface area contributed by atoms with Crippen molar-refractivity contribution in [1.29, 1.82) is 0 Å². The zero-order valence-electron chi connectivity index (χ0n) is 23.1. The molecule has 4 aromatic heterocycles. The number of aromatic nitrogens is 3. The highest BCUT2D eigenvalue weighted by atomic mass is 32.1. The molecule has 0 radical (unpaired) electrons. The fraction of sp³-hybridized carbons (Fsp3) is 0.226. The molecule has 0 bridgehead atoms. The van der Waals surface area contributed by atoms with Gasteiger partial charge in [0.2, 0.25) is 5.91 Å². The molecular formula is C31H32FN5O3S. The van der Waals surface area contributed by atoms with E-state index < -0.39 is 23.4 Å². The molecule has 41 heavy (non-hydrogen) atoms. The van der Waals surface area contributed by atoms with Gasteiger partial charge in [-0.3, -0.25) is 14.6 Å². The quantitative estimate of drug-likeness (QED) is 0.139. The van der Waals surface area contributed by atoms with Crippen LogP contribution in [0.1, 0.15) is 36.9 Å². The van der Waals surface area contributed by atoms with Crippen LogP contribution in [0.25, 0.3) is 22.2 Å². The molecule has 1 aromatic carbocycles. The minimum Gasteiger partial charge on any atom is -0.459 e. The average Bonchev–Trinajstić information content (AvgIpc) is 3.55. The van der Waals surface area contributed by atoms with Gasteiger partial charge in [0.05, 0.1) is 0 Å². The second kappa shape index (κ2) is 12.4. The molecule has 5 aromatic rings. The second-order valence-electron chi connectivity index (χ2n) is 10.5. The van der Waals surface area contributed by atoms with Crippen molar-refractivity contribution in [2.45, 2.75) is 39.2 Å². The third kappa shape index (κ3) is 7.22. The Bertz CT molecular complexity index is 1630. The summed E-state index contributed by atoms with van der Waals surface area (Å²) in [5.74, 6) is -2.07. The lowest BCUT2D eigenvalue weighted by Gasteiger charge is -2.23. The van der Waals surface area contributed by atoms with Crippen molar-refractivity contribution in [3.05, 3.63) is 100 Å². The van der Waals surface area contributed by atoms with Crippen LogP contribution < -0.4 is 11.5 Å². The Morgan fingerprint density at radius 1 is 1.05 bits per heavy atom. The molecule has 10 heteroatoms. The molecule has 0 aliphatic rings. The topological polar surface area (TPSA) is 132 Å². The summed E-state index contributed by atoms with van der Waals surface area (Å²) in [4.78, 5) is 39.5. The van der Waals surface area contributed by atoms with E-state index in [1.807, 2.05) is 35.7 Å². The zero-order chi connectivity index (χ0) is 28.3. The van der Waals surface area contributed by atoms with E-state index in [1.165, 1.54) is 23.5 Å². The smallest absolute Gasteiger partial charge is 0.319 e. The summed E-state index contributed by atoms with van der Waals surface area (Å²) in [6.45, 7) is 5.32. The molecule has 0 unspecified atom stereocenters. The summed E-state index contributed by atoms with van der Waals surface area (Å²) < 4.78 is 19.1. The highest BCUT2D eigenvalue weighted by Gasteiger charge is 2.32. The number of carbonyl (C=O) groups is 2. The number of fused-ring (bicyclic) bond motifs is 1. The van der Waals surface area contributed by atoms with Gasteiger partial charge in [-0.15, -0.1) is 11.3 Å². The van der Waals surface area contributed by atoms with E-state index in [0.29, 0.717) is 17.9 Å². The lowest BCUT2D eigenvalue weighted by molar-refractivity contribution is -0.161. The van der Waals surface area contributed by atoms with Crippen LogP contribution in [0.3, 0.4) is 0 Å². The lowest BCUT2D eigenvalue weighted by Crippen LogP contribution is -2.37. The van der Waals surface area contributed by atoms with Crippen molar-refractivity contribution in [3.63, 3.8) is 0 Å². The Morgan fingerprint density at radius 2 is 1.78 bits per heavy atom. The van der Waals surface area contributed by atoms with Gasteiger partial charge in [-0.05, 0) is 79.7 Å². The van der Waals surface area contributed by atoms with E-state index in [4.69, 9.17) is 4.74 Å². The molecule has 0 aliphatic carbocycles. The number of ether oxygens (including phenoxy) is 1. The van der Waals surface area contributed by atoms with Gasteiger partial charge in [0.25, 0.3) is 0 Å². The van der Waals surface area contributed by atoms with E-state index >= 15 is 0 Å². The summed E-state index contributed by atoms with van der Waals surface area (Å²) in [5.41, 5.74) is 3.60. The summed E-state index contributed by atoms with van der Waals surface area (Å²) in [6, 6.07) is 17.6. The van der Waals surface area contributed by atoms with Crippen molar-refractivity contribution in [1.82, 2.24) is 21.1 Å². The Labute approximate surface area is 241 Å². The largest absolute Gasteiger partial charge is 0.459 e. The van der Waals surface area contributed by atoms with Gasteiger partial charge in [0.1, 0.15) is 28.8 Å². The number of thiophene rings is 1. The number of carbonyl (C=O) groups excluding carboxylic acids is 2. The molecule has 0 fully saturated rings. The number of esters is 1. The number of rotatable bonds is 8. The predicted octanol–water partition coefficient (Wildman–Crippen LogP) is 6.72. The highest BCUT2D eigenvalue weighted by molar-refractivity contribution is 7.09. The fourth-order valence-electron chi connectivity index (χ4n) is 4.48. The first-order valence-electron chi connectivity index (χ1n) is 12.9. The first-order chi connectivity index (χ1) is 19.2. The summed E-state index contributed by atoms with van der Waals surface area (Å²) in [5, 5.41) is 5.59. The summed E-state index contributed by atoms with van der Waals surface area (Å²) in [6.07, 6.45) is 4.21. The molecule has 8 nitrogen and oxygen atoms in total. The summed E-state index contributed by atoms with van der Waals surface area (Å²) >= 11 is 1.48. The molecular weight excluding hydrogens is 541 g/mol. The van der Waals surface area contributed by atoms with Crippen molar-refractivity contribution in [2.75, 3.05) is 5.32 Å². The van der Waals surface area contributed by atoms with E-state index in [-0.39, 0.29) is 18.4 Å². The zero-order valence-corrected chi connectivity index (χ0v) is 23.9. The van der Waals surface area contributed by atoms with Crippen molar-refractivity contribution in [3.8, 4) is 11.1 Å². The number of pyridine rings is 2. The predicted molar refractivity (Wildman–Crippen MR) is 160 cm³/mol. The van der Waals surface area contributed by atoms with Crippen molar-refractivity contribution >= 4 is 40.1 Å². The maximum Gasteiger partial charge on any atom is 0.319 e. The van der Waals surface area contributed by atoms with Gasteiger partial charge in [-0.2, -0.15) is 0 Å². The molecule has 212 valence electrons. The Balaban J connectivity index is 0.00000387. The Kier molecular flexibility index (Phi) is 8.95. The average molecular weight is 574 g/mol. The Hall–Kier alpha value is -4.41. The number of benzene rings is 1. The van der Waals surface area contributed by atoms with Crippen LogP contribution in [0.4, 0.5) is 10.2 Å². The number of H-pyrrole nitrogens is 1. The minimum absolute atomic E-state index is 0. The molecule has 1 amide bonds. The van der Waals surface area contributed by atoms with E-state index in [2.05, 4.69) is 20.3 Å². The lowest BCUT2D eigenvalue weighted by atomic mass is 10.00. The van der Waals surface area contributed by atoms with Gasteiger partial charge in [-0.1, -0.05) is 18.2 Å². The van der Waals surface area contributed by atoms with Crippen LogP contribution in [0.2, 0.25) is 0 Å². The van der Waals surface area contributed by atoms with E-state index in [9.17, 15) is 14.0 Å². The van der Waals surface area contributed by atoms with E-state index in [1.54, 1.807) is 51.4 Å². The van der Waals surface area contributed by atoms with Gasteiger partial charge < -0.3 is 21.2 Å².